The van der Waals surface area contributed by atoms with Crippen LogP contribution in [0.4, 0.5) is 5.82 Å². The molecule has 6 nitrogen and oxygen atoms in total. The van der Waals surface area contributed by atoms with Crippen molar-refractivity contribution in [3.63, 3.8) is 0 Å². The van der Waals surface area contributed by atoms with Crippen LogP contribution in [0.1, 0.15) is 11.8 Å². The van der Waals surface area contributed by atoms with Crippen molar-refractivity contribution in [2.24, 2.45) is 0 Å². The molecule has 2 N–H and O–H groups in total. The first-order valence-electron chi connectivity index (χ1n) is 7.15. The number of nitrogens with zero attached hydrogens (tertiary/aromatic N) is 3. The minimum atomic E-state index is -0.121. The Bertz CT molecular complexity index is 861. The Morgan fingerprint density at radius 1 is 1.30 bits per heavy atom. The van der Waals surface area contributed by atoms with E-state index in [0.29, 0.717) is 11.6 Å². The van der Waals surface area contributed by atoms with Crippen LogP contribution in [0.3, 0.4) is 0 Å². The zero-order valence-corrected chi connectivity index (χ0v) is 13.9. The topological polar surface area (TPSA) is 83.8 Å². The molecule has 3 aromatic rings. The molecule has 0 bridgehead atoms. The summed E-state index contributed by atoms with van der Waals surface area (Å²) in [5.74, 6) is 1.36. The summed E-state index contributed by atoms with van der Waals surface area (Å²) in [6, 6.07) is 3.83. The van der Waals surface area contributed by atoms with Gasteiger partial charge in [0, 0.05) is 28.2 Å². The molecule has 0 fully saturated rings. The molecule has 2 heterocycles. The van der Waals surface area contributed by atoms with Crippen LogP contribution in [-0.4, -0.2) is 34.3 Å². The summed E-state index contributed by atoms with van der Waals surface area (Å²) in [6.45, 7) is 3.92. The first kappa shape index (κ1) is 15.4. The van der Waals surface area contributed by atoms with Crippen LogP contribution >= 0.6 is 11.3 Å². The Morgan fingerprint density at radius 3 is 2.78 bits per heavy atom. The molecule has 1 aromatic carbocycles. The van der Waals surface area contributed by atoms with Crippen molar-refractivity contribution in [3.05, 3.63) is 29.5 Å². The monoisotopic (exact) mass is 327 g/mol. The molecule has 0 aliphatic rings. The van der Waals surface area contributed by atoms with E-state index in [2.05, 4.69) is 20.3 Å². The van der Waals surface area contributed by atoms with Gasteiger partial charge in [0.15, 0.2) is 0 Å². The molecule has 1 atom stereocenters. The van der Waals surface area contributed by atoms with E-state index in [1.54, 1.807) is 18.4 Å². The number of ether oxygens (including phenoxy) is 1. The first-order chi connectivity index (χ1) is 11.1. The van der Waals surface area contributed by atoms with E-state index in [1.807, 2.05) is 32.2 Å². The van der Waals surface area contributed by atoms with Gasteiger partial charge in [0.05, 0.1) is 13.2 Å². The van der Waals surface area contributed by atoms with Crippen LogP contribution in [0.2, 0.25) is 0 Å². The Hall–Kier alpha value is -2.54. The number of fused-ring (bicyclic) bond motifs is 1. The van der Waals surface area contributed by atoms with Gasteiger partial charge in [-0.1, -0.05) is 0 Å². The van der Waals surface area contributed by atoms with Crippen molar-refractivity contribution in [2.45, 2.75) is 19.9 Å². The predicted octanol–water partition coefficient (Wildman–Crippen LogP) is 3.52. The van der Waals surface area contributed by atoms with Gasteiger partial charge in [0.1, 0.15) is 28.4 Å². The smallest absolute Gasteiger partial charge is 0.145 e. The number of aryl methyl sites for hydroxylation is 1. The van der Waals surface area contributed by atoms with Crippen LogP contribution in [0.25, 0.3) is 21.5 Å². The lowest BCUT2D eigenvalue weighted by atomic mass is 10.1. The zero-order valence-electron chi connectivity index (χ0n) is 13.1. The molecule has 0 amide bonds. The van der Waals surface area contributed by atoms with Crippen molar-refractivity contribution in [1.82, 2.24) is 15.0 Å². The molecule has 0 aliphatic carbocycles. The van der Waals surface area contributed by atoms with Crippen molar-refractivity contribution < 1.29 is 4.74 Å². The van der Waals surface area contributed by atoms with E-state index in [1.165, 1.54) is 12.5 Å². The zero-order chi connectivity index (χ0) is 16.4. The van der Waals surface area contributed by atoms with Gasteiger partial charge in [-0.2, -0.15) is 0 Å². The summed E-state index contributed by atoms with van der Waals surface area (Å²) in [5.41, 5.74) is 1.70. The highest BCUT2D eigenvalue weighted by Crippen LogP contribution is 2.35. The molecular formula is C16H17N5OS. The van der Waals surface area contributed by atoms with Crippen LogP contribution in [0.5, 0.6) is 5.75 Å². The lowest BCUT2D eigenvalue weighted by Gasteiger charge is -2.13. The third-order valence-electron chi connectivity index (χ3n) is 3.41. The van der Waals surface area contributed by atoms with E-state index in [4.69, 9.17) is 10.1 Å². The van der Waals surface area contributed by atoms with E-state index in [9.17, 15) is 0 Å². The first-order valence-corrected chi connectivity index (χ1v) is 7.96. The largest absolute Gasteiger partial charge is 0.494 e. The fourth-order valence-corrected chi connectivity index (χ4v) is 3.03. The maximum atomic E-state index is 7.36. The highest BCUT2D eigenvalue weighted by atomic mass is 32.1. The lowest BCUT2D eigenvalue weighted by Crippen LogP contribution is -2.17. The van der Waals surface area contributed by atoms with Crippen molar-refractivity contribution in [1.29, 1.82) is 5.41 Å². The number of rotatable bonds is 5. The summed E-state index contributed by atoms with van der Waals surface area (Å²) >= 11 is 1.63. The minimum Gasteiger partial charge on any atom is -0.494 e. The summed E-state index contributed by atoms with van der Waals surface area (Å²) in [7, 11) is 1.63. The molecule has 0 saturated heterocycles. The van der Waals surface area contributed by atoms with Crippen LogP contribution in [-0.2, 0) is 0 Å². The number of nitrogens with one attached hydrogen (secondary N) is 2. The molecule has 0 spiro atoms. The summed E-state index contributed by atoms with van der Waals surface area (Å²) in [6.07, 6.45) is 4.69. The van der Waals surface area contributed by atoms with E-state index >= 15 is 0 Å². The van der Waals surface area contributed by atoms with Crippen molar-refractivity contribution in [3.8, 4) is 16.3 Å². The highest BCUT2D eigenvalue weighted by molar-refractivity contribution is 7.14. The molecule has 3 rings (SSSR count). The summed E-state index contributed by atoms with van der Waals surface area (Å²) < 4.78 is 5.50. The number of hydrogen-bond acceptors (Lipinski definition) is 7. The van der Waals surface area contributed by atoms with Gasteiger partial charge in [-0.05, 0) is 26.0 Å². The average Bonchev–Trinajstić information content (AvgIpc) is 3.00. The average molecular weight is 327 g/mol. The predicted molar refractivity (Wildman–Crippen MR) is 93.8 cm³/mol. The van der Waals surface area contributed by atoms with Gasteiger partial charge < -0.3 is 15.5 Å². The molecule has 1 unspecified atom stereocenters. The van der Waals surface area contributed by atoms with Crippen LogP contribution < -0.4 is 10.1 Å². The summed E-state index contributed by atoms with van der Waals surface area (Å²) in [4.78, 5) is 14.2. The van der Waals surface area contributed by atoms with Gasteiger partial charge in [-0.25, -0.2) is 15.0 Å². The number of thiazole rings is 1. The van der Waals surface area contributed by atoms with E-state index < -0.39 is 0 Å². The van der Waals surface area contributed by atoms with Gasteiger partial charge in [0.25, 0.3) is 0 Å². The number of benzene rings is 1. The van der Waals surface area contributed by atoms with Gasteiger partial charge in [0.2, 0.25) is 0 Å². The normalized spacial score (nSPS) is 12.1. The van der Waals surface area contributed by atoms with Crippen LogP contribution in [0.15, 0.2) is 24.7 Å². The minimum absolute atomic E-state index is 0.121. The number of aromatic nitrogens is 3. The van der Waals surface area contributed by atoms with Gasteiger partial charge in [-0.3, -0.25) is 0 Å². The molecule has 2 aromatic heterocycles. The Kier molecular flexibility index (Phi) is 4.20. The Balaban J connectivity index is 2.21. The molecule has 0 aliphatic heterocycles. The quantitative estimate of drug-likeness (QED) is 0.701. The number of methoxy groups -OCH3 is 1. The molecule has 0 radical (unpaired) electrons. The van der Waals surface area contributed by atoms with Crippen molar-refractivity contribution >= 4 is 34.3 Å². The second-order valence-corrected chi connectivity index (χ2v) is 6.41. The lowest BCUT2D eigenvalue weighted by molar-refractivity contribution is 0.419. The van der Waals surface area contributed by atoms with Gasteiger partial charge >= 0.3 is 0 Å². The molecule has 23 heavy (non-hydrogen) atoms. The fourth-order valence-electron chi connectivity index (χ4n) is 2.28. The molecular weight excluding hydrogens is 310 g/mol. The van der Waals surface area contributed by atoms with Crippen molar-refractivity contribution in [2.75, 3.05) is 12.4 Å². The Morgan fingerprint density at radius 2 is 2.13 bits per heavy atom. The third-order valence-corrected chi connectivity index (χ3v) is 4.37. The van der Waals surface area contributed by atoms with Crippen LogP contribution in [0, 0.1) is 12.3 Å². The number of anilines is 1. The third kappa shape index (κ3) is 3.00. The SMILES string of the molecule is COc1cc(-c2ncc(C)s2)cc2c(NC(C)C=N)ncnc12. The van der Waals surface area contributed by atoms with E-state index in [-0.39, 0.29) is 6.04 Å². The Labute approximate surface area is 138 Å². The van der Waals surface area contributed by atoms with E-state index in [0.717, 1.165) is 26.4 Å². The summed E-state index contributed by atoms with van der Waals surface area (Å²) in [5, 5.41) is 12.3. The maximum Gasteiger partial charge on any atom is 0.145 e. The highest BCUT2D eigenvalue weighted by Gasteiger charge is 2.14. The standard InChI is InChI=1S/C16H17N5OS/c1-9(6-17)21-15-12-4-11(16-18-7-10(2)23-16)5-13(22-3)14(12)19-8-20-15/h4-9,17H,1-3H3,(H,19,20,21). The fraction of sp³-hybridized carbons (Fsp3) is 0.250. The second kappa shape index (κ2) is 6.29. The molecule has 118 valence electrons. The number of hydrogen-bond donors (Lipinski definition) is 2. The van der Waals surface area contributed by atoms with Gasteiger partial charge in [-0.15, -0.1) is 11.3 Å². The maximum absolute atomic E-state index is 7.36. The molecule has 7 heteroatoms. The molecule has 0 saturated carbocycles. The second-order valence-electron chi connectivity index (χ2n) is 5.17.